The van der Waals surface area contributed by atoms with Gasteiger partial charge in [0, 0.05) is 5.56 Å². The highest BCUT2D eigenvalue weighted by molar-refractivity contribution is 5.82. The number of carbonyl (C=O) groups excluding carboxylic acids is 1. The second-order valence-corrected chi connectivity index (χ2v) is 4.14. The average Bonchev–Trinajstić information content (AvgIpc) is 2.88. The van der Waals surface area contributed by atoms with Crippen molar-refractivity contribution in [3.63, 3.8) is 0 Å². The summed E-state index contributed by atoms with van der Waals surface area (Å²) in [5, 5.41) is 22.6. The fourth-order valence-electron chi connectivity index (χ4n) is 1.49. The van der Waals surface area contributed by atoms with Gasteiger partial charge in [0.05, 0.1) is 0 Å². The fourth-order valence-corrected chi connectivity index (χ4v) is 1.49. The normalized spacial score (nSPS) is 11.8. The van der Waals surface area contributed by atoms with Gasteiger partial charge in [-0.15, -0.1) is 10.2 Å². The molecule has 0 unspecified atom stereocenters. The van der Waals surface area contributed by atoms with Crippen LogP contribution >= 0.6 is 0 Å². The van der Waals surface area contributed by atoms with Crippen molar-refractivity contribution < 1.29 is 14.7 Å². The molecule has 2 aromatic rings. The highest BCUT2D eigenvalue weighted by Crippen LogP contribution is 2.11. The van der Waals surface area contributed by atoms with Crippen molar-refractivity contribution in [3.8, 4) is 11.4 Å². The number of amides is 1. The molecule has 1 amide bonds. The predicted molar refractivity (Wildman–Crippen MR) is 68.5 cm³/mol. The number of rotatable bonds is 5. The molecule has 0 bridgehead atoms. The number of carboxylic acids is 1. The smallest absolute Gasteiger partial charge is 0.325 e. The Labute approximate surface area is 114 Å². The summed E-state index contributed by atoms with van der Waals surface area (Å²) in [4.78, 5) is 23.3. The molecule has 1 aromatic carbocycles. The zero-order valence-corrected chi connectivity index (χ0v) is 10.7. The number of nitrogens with zero attached hydrogens (tertiary/aromatic N) is 4. The van der Waals surface area contributed by atoms with Crippen LogP contribution in [0.5, 0.6) is 0 Å². The van der Waals surface area contributed by atoms with Crippen molar-refractivity contribution in [3.05, 3.63) is 30.3 Å². The van der Waals surface area contributed by atoms with Gasteiger partial charge in [-0.25, -0.2) is 0 Å². The highest BCUT2D eigenvalue weighted by Gasteiger charge is 2.15. The standard InChI is InChI=1S/C12H13N5O3/c1-8(12(19)20)13-10(18)7-17-15-11(14-16-17)9-5-3-2-4-6-9/h2-6,8H,7H2,1H3,(H,13,18)(H,19,20)/t8-/m1/s1. The zero-order valence-electron chi connectivity index (χ0n) is 10.7. The summed E-state index contributed by atoms with van der Waals surface area (Å²) in [6.07, 6.45) is 0. The molecule has 1 heterocycles. The van der Waals surface area contributed by atoms with Crippen molar-refractivity contribution in [1.82, 2.24) is 25.5 Å². The third-order valence-electron chi connectivity index (χ3n) is 2.52. The lowest BCUT2D eigenvalue weighted by molar-refractivity contribution is -0.141. The van der Waals surface area contributed by atoms with Gasteiger partial charge in [-0.1, -0.05) is 30.3 Å². The van der Waals surface area contributed by atoms with Crippen LogP contribution in [0.1, 0.15) is 6.92 Å². The molecule has 0 saturated heterocycles. The summed E-state index contributed by atoms with van der Waals surface area (Å²) in [5.41, 5.74) is 0.790. The van der Waals surface area contributed by atoms with Gasteiger partial charge < -0.3 is 10.4 Å². The van der Waals surface area contributed by atoms with Crippen LogP contribution in [-0.2, 0) is 16.1 Å². The number of aromatic nitrogens is 4. The monoisotopic (exact) mass is 275 g/mol. The van der Waals surface area contributed by atoms with E-state index in [1.54, 1.807) is 0 Å². The van der Waals surface area contributed by atoms with Crippen LogP contribution in [0.2, 0.25) is 0 Å². The van der Waals surface area contributed by atoms with Crippen LogP contribution in [0, 0.1) is 0 Å². The Kier molecular flexibility index (Phi) is 4.04. The number of aliphatic carboxylic acids is 1. The summed E-state index contributed by atoms with van der Waals surface area (Å²) in [6.45, 7) is 1.20. The summed E-state index contributed by atoms with van der Waals surface area (Å²) < 4.78 is 0. The molecule has 20 heavy (non-hydrogen) atoms. The van der Waals surface area contributed by atoms with Gasteiger partial charge in [-0.05, 0) is 12.1 Å². The molecule has 0 aliphatic carbocycles. The van der Waals surface area contributed by atoms with E-state index in [0.29, 0.717) is 5.82 Å². The van der Waals surface area contributed by atoms with Crippen LogP contribution in [0.15, 0.2) is 30.3 Å². The van der Waals surface area contributed by atoms with Crippen molar-refractivity contribution in [2.45, 2.75) is 19.5 Å². The second kappa shape index (κ2) is 5.91. The molecule has 0 aliphatic heterocycles. The van der Waals surface area contributed by atoms with Gasteiger partial charge in [0.15, 0.2) is 0 Å². The Morgan fingerprint density at radius 3 is 2.70 bits per heavy atom. The van der Waals surface area contributed by atoms with Crippen LogP contribution < -0.4 is 5.32 Å². The van der Waals surface area contributed by atoms with E-state index >= 15 is 0 Å². The average molecular weight is 275 g/mol. The van der Waals surface area contributed by atoms with E-state index in [4.69, 9.17) is 5.11 Å². The quantitative estimate of drug-likeness (QED) is 0.790. The van der Waals surface area contributed by atoms with Crippen molar-refractivity contribution in [1.29, 1.82) is 0 Å². The number of nitrogens with one attached hydrogen (secondary N) is 1. The summed E-state index contributed by atoms with van der Waals surface area (Å²) >= 11 is 0. The lowest BCUT2D eigenvalue weighted by Crippen LogP contribution is -2.40. The SMILES string of the molecule is C[C@@H](NC(=O)Cn1nnc(-c2ccccc2)n1)C(=O)O. The fraction of sp³-hybridized carbons (Fsp3) is 0.250. The van der Waals surface area contributed by atoms with E-state index < -0.39 is 17.9 Å². The van der Waals surface area contributed by atoms with Crippen molar-refractivity contribution >= 4 is 11.9 Å². The number of hydrogen-bond acceptors (Lipinski definition) is 5. The van der Waals surface area contributed by atoms with E-state index in [9.17, 15) is 9.59 Å². The Morgan fingerprint density at radius 2 is 2.05 bits per heavy atom. The number of hydrogen-bond donors (Lipinski definition) is 2. The summed E-state index contributed by atoms with van der Waals surface area (Å²) in [5.74, 6) is -1.18. The van der Waals surface area contributed by atoms with Gasteiger partial charge >= 0.3 is 5.97 Å². The number of carbonyl (C=O) groups is 2. The zero-order chi connectivity index (χ0) is 14.5. The van der Waals surface area contributed by atoms with E-state index in [1.165, 1.54) is 6.92 Å². The van der Waals surface area contributed by atoms with Crippen LogP contribution in [-0.4, -0.2) is 43.2 Å². The first-order chi connectivity index (χ1) is 9.56. The lowest BCUT2D eigenvalue weighted by atomic mass is 10.2. The third kappa shape index (κ3) is 3.37. The Morgan fingerprint density at radius 1 is 1.35 bits per heavy atom. The maximum Gasteiger partial charge on any atom is 0.325 e. The molecule has 0 saturated carbocycles. The molecule has 8 nitrogen and oxygen atoms in total. The third-order valence-corrected chi connectivity index (χ3v) is 2.52. The Bertz CT molecular complexity index is 611. The van der Waals surface area contributed by atoms with Gasteiger partial charge in [-0.3, -0.25) is 9.59 Å². The summed E-state index contributed by atoms with van der Waals surface area (Å²) in [6, 6.07) is 8.25. The topological polar surface area (TPSA) is 110 Å². The van der Waals surface area contributed by atoms with Gasteiger partial charge in [0.1, 0.15) is 12.6 Å². The molecule has 0 aliphatic rings. The molecular weight excluding hydrogens is 262 g/mol. The van der Waals surface area contributed by atoms with Crippen molar-refractivity contribution in [2.24, 2.45) is 0 Å². The molecule has 2 rings (SSSR count). The first kappa shape index (κ1) is 13.7. The Hall–Kier alpha value is -2.77. The first-order valence-corrected chi connectivity index (χ1v) is 5.91. The molecular formula is C12H13N5O3. The number of benzene rings is 1. The minimum Gasteiger partial charge on any atom is -0.480 e. The summed E-state index contributed by atoms with van der Waals surface area (Å²) in [7, 11) is 0. The van der Waals surface area contributed by atoms with E-state index in [-0.39, 0.29) is 6.54 Å². The van der Waals surface area contributed by atoms with Crippen LogP contribution in [0.25, 0.3) is 11.4 Å². The minimum absolute atomic E-state index is 0.183. The number of carboxylic acid groups (broad SMARTS) is 1. The van der Waals surface area contributed by atoms with Gasteiger partial charge in [0.25, 0.3) is 0 Å². The molecule has 0 fully saturated rings. The maximum atomic E-state index is 11.6. The molecule has 0 radical (unpaired) electrons. The minimum atomic E-state index is -1.10. The molecule has 1 aromatic heterocycles. The molecule has 2 N–H and O–H groups in total. The lowest BCUT2D eigenvalue weighted by Gasteiger charge is -2.07. The molecule has 1 atom stereocenters. The van der Waals surface area contributed by atoms with Gasteiger partial charge in [0.2, 0.25) is 11.7 Å². The van der Waals surface area contributed by atoms with E-state index in [1.807, 2.05) is 30.3 Å². The first-order valence-electron chi connectivity index (χ1n) is 5.91. The molecule has 104 valence electrons. The van der Waals surface area contributed by atoms with E-state index in [2.05, 4.69) is 20.7 Å². The van der Waals surface area contributed by atoms with Crippen molar-refractivity contribution in [2.75, 3.05) is 0 Å². The largest absolute Gasteiger partial charge is 0.480 e. The van der Waals surface area contributed by atoms with Crippen LogP contribution in [0.3, 0.4) is 0 Å². The number of tetrazole rings is 1. The van der Waals surface area contributed by atoms with E-state index in [0.717, 1.165) is 10.4 Å². The van der Waals surface area contributed by atoms with Gasteiger partial charge in [-0.2, -0.15) is 4.80 Å². The predicted octanol–water partition coefficient (Wildman–Crippen LogP) is -0.0706. The second-order valence-electron chi connectivity index (χ2n) is 4.14. The molecule has 8 heteroatoms. The maximum absolute atomic E-state index is 11.6. The highest BCUT2D eigenvalue weighted by atomic mass is 16.4. The van der Waals surface area contributed by atoms with Crippen LogP contribution in [0.4, 0.5) is 0 Å². The molecule has 0 spiro atoms. The Balaban J connectivity index is 2.00.